The van der Waals surface area contributed by atoms with E-state index in [0.717, 1.165) is 0 Å². The van der Waals surface area contributed by atoms with Gasteiger partial charge in [-0.3, -0.25) is 4.79 Å². The van der Waals surface area contributed by atoms with Gasteiger partial charge in [0.25, 0.3) is 5.91 Å². The third kappa shape index (κ3) is 3.67. The van der Waals surface area contributed by atoms with E-state index in [1.54, 1.807) is 4.90 Å². The number of morpholine rings is 1. The molecular weight excluding hydrogens is 315 g/mol. The molecule has 110 valence electrons. The SMILES string of the molecule is N#CC(=Cc1cc(Cl)c(O)c(Cl)c1)C(=O)N1CCOCC1. The number of aromatic hydroxyl groups is 1. The third-order valence-electron chi connectivity index (χ3n) is 3.00. The lowest BCUT2D eigenvalue weighted by molar-refractivity contribution is -0.130. The molecule has 0 bridgehead atoms. The Morgan fingerprint density at radius 1 is 1.33 bits per heavy atom. The van der Waals surface area contributed by atoms with Gasteiger partial charge in [0, 0.05) is 13.1 Å². The van der Waals surface area contributed by atoms with Crippen molar-refractivity contribution in [3.05, 3.63) is 33.3 Å². The van der Waals surface area contributed by atoms with E-state index in [1.807, 2.05) is 6.07 Å². The quantitative estimate of drug-likeness (QED) is 0.669. The zero-order chi connectivity index (χ0) is 15.4. The first-order valence-electron chi connectivity index (χ1n) is 6.19. The van der Waals surface area contributed by atoms with E-state index in [0.29, 0.717) is 31.9 Å². The summed E-state index contributed by atoms with van der Waals surface area (Å²) in [6.07, 6.45) is 1.40. The van der Waals surface area contributed by atoms with Crippen LogP contribution in [0.25, 0.3) is 6.08 Å². The summed E-state index contributed by atoms with van der Waals surface area (Å²) in [5.74, 6) is -0.588. The van der Waals surface area contributed by atoms with Crippen molar-refractivity contribution in [1.82, 2.24) is 4.90 Å². The molecule has 1 aliphatic rings. The van der Waals surface area contributed by atoms with E-state index >= 15 is 0 Å². The molecule has 1 aliphatic heterocycles. The van der Waals surface area contributed by atoms with Gasteiger partial charge in [0.15, 0.2) is 5.75 Å². The van der Waals surface area contributed by atoms with Gasteiger partial charge in [-0.1, -0.05) is 23.2 Å². The van der Waals surface area contributed by atoms with Crippen LogP contribution in [0.5, 0.6) is 5.75 Å². The molecule has 1 aromatic carbocycles. The van der Waals surface area contributed by atoms with Gasteiger partial charge in [0.2, 0.25) is 0 Å². The van der Waals surface area contributed by atoms with Gasteiger partial charge in [0.1, 0.15) is 11.6 Å². The van der Waals surface area contributed by atoms with Crippen LogP contribution in [-0.2, 0) is 9.53 Å². The number of halogens is 2. The maximum Gasteiger partial charge on any atom is 0.264 e. The Labute approximate surface area is 131 Å². The largest absolute Gasteiger partial charge is 0.505 e. The summed E-state index contributed by atoms with van der Waals surface area (Å²) in [4.78, 5) is 13.8. The normalized spacial score (nSPS) is 15.7. The van der Waals surface area contributed by atoms with Crippen LogP contribution in [0.15, 0.2) is 17.7 Å². The van der Waals surface area contributed by atoms with Crippen LogP contribution < -0.4 is 0 Å². The number of hydrogen-bond donors (Lipinski definition) is 1. The number of carbonyl (C=O) groups is 1. The molecule has 0 saturated carbocycles. The first kappa shape index (κ1) is 15.6. The topological polar surface area (TPSA) is 73.6 Å². The Kier molecular flexibility index (Phi) is 5.07. The molecule has 1 heterocycles. The van der Waals surface area contributed by atoms with E-state index in [9.17, 15) is 9.90 Å². The van der Waals surface area contributed by atoms with Gasteiger partial charge < -0.3 is 14.7 Å². The molecule has 1 amide bonds. The van der Waals surface area contributed by atoms with Crippen molar-refractivity contribution in [2.24, 2.45) is 0 Å². The number of hydrogen-bond acceptors (Lipinski definition) is 4. The van der Waals surface area contributed by atoms with Gasteiger partial charge in [-0.25, -0.2) is 0 Å². The van der Waals surface area contributed by atoms with Crippen molar-refractivity contribution >= 4 is 35.2 Å². The standard InChI is InChI=1S/C14H12Cl2N2O3/c15-11-6-9(7-12(16)13(11)19)5-10(8-17)14(20)18-1-3-21-4-2-18/h5-7,19H,1-4H2. The molecule has 0 unspecified atom stereocenters. The second kappa shape index (κ2) is 6.81. The summed E-state index contributed by atoms with van der Waals surface area (Å²) in [5, 5.41) is 18.8. The van der Waals surface area contributed by atoms with E-state index in [-0.39, 0.29) is 27.3 Å². The molecule has 0 aliphatic carbocycles. The third-order valence-corrected chi connectivity index (χ3v) is 3.58. The van der Waals surface area contributed by atoms with Gasteiger partial charge in [-0.05, 0) is 23.8 Å². The summed E-state index contributed by atoms with van der Waals surface area (Å²) < 4.78 is 5.17. The first-order valence-corrected chi connectivity index (χ1v) is 6.95. The second-order valence-electron chi connectivity index (χ2n) is 4.41. The Morgan fingerprint density at radius 2 is 1.90 bits per heavy atom. The zero-order valence-electron chi connectivity index (χ0n) is 11.0. The summed E-state index contributed by atoms with van der Waals surface area (Å²) in [7, 11) is 0. The minimum atomic E-state index is -0.360. The first-order chi connectivity index (χ1) is 10.0. The Bertz CT molecular complexity index is 609. The maximum absolute atomic E-state index is 12.2. The summed E-state index contributed by atoms with van der Waals surface area (Å²) in [6.45, 7) is 1.83. The van der Waals surface area contributed by atoms with Crippen molar-refractivity contribution in [2.75, 3.05) is 26.3 Å². The summed E-state index contributed by atoms with van der Waals surface area (Å²) in [6, 6.07) is 4.76. The van der Waals surface area contributed by atoms with Gasteiger partial charge >= 0.3 is 0 Å². The van der Waals surface area contributed by atoms with E-state index in [4.69, 9.17) is 33.2 Å². The smallest absolute Gasteiger partial charge is 0.264 e. The van der Waals surface area contributed by atoms with Crippen LogP contribution >= 0.6 is 23.2 Å². The highest BCUT2D eigenvalue weighted by Gasteiger charge is 2.20. The number of phenols is 1. The number of benzene rings is 1. The molecular formula is C14H12Cl2N2O3. The van der Waals surface area contributed by atoms with Gasteiger partial charge in [-0.15, -0.1) is 0 Å². The molecule has 0 aromatic heterocycles. The number of amides is 1. The minimum Gasteiger partial charge on any atom is -0.505 e. The van der Waals surface area contributed by atoms with Crippen molar-refractivity contribution < 1.29 is 14.6 Å². The van der Waals surface area contributed by atoms with Gasteiger partial charge in [0.05, 0.1) is 23.3 Å². The molecule has 5 nitrogen and oxygen atoms in total. The summed E-state index contributed by atoms with van der Waals surface area (Å²) >= 11 is 11.6. The highest BCUT2D eigenvalue weighted by atomic mass is 35.5. The molecule has 1 fully saturated rings. The lowest BCUT2D eigenvalue weighted by Gasteiger charge is -2.26. The van der Waals surface area contributed by atoms with E-state index < -0.39 is 0 Å². The Balaban J connectivity index is 2.28. The predicted octanol–water partition coefficient (Wildman–Crippen LogP) is 2.46. The second-order valence-corrected chi connectivity index (χ2v) is 5.22. The number of carbonyl (C=O) groups excluding carboxylic acids is 1. The number of nitrogens with zero attached hydrogens (tertiary/aromatic N) is 2. The van der Waals surface area contributed by atoms with Crippen LogP contribution in [0.2, 0.25) is 10.0 Å². The van der Waals surface area contributed by atoms with Crippen molar-refractivity contribution in [3.63, 3.8) is 0 Å². The fraction of sp³-hybridized carbons (Fsp3) is 0.286. The highest BCUT2D eigenvalue weighted by Crippen LogP contribution is 2.33. The molecule has 1 N–H and O–H groups in total. The monoisotopic (exact) mass is 326 g/mol. The van der Waals surface area contributed by atoms with Crippen LogP contribution in [0.4, 0.5) is 0 Å². The molecule has 7 heteroatoms. The number of nitriles is 1. The van der Waals surface area contributed by atoms with Crippen LogP contribution in [0.3, 0.4) is 0 Å². The number of phenolic OH excluding ortho intramolecular Hbond substituents is 1. The van der Waals surface area contributed by atoms with Gasteiger partial charge in [-0.2, -0.15) is 5.26 Å². The minimum absolute atomic E-state index is 0.0188. The zero-order valence-corrected chi connectivity index (χ0v) is 12.5. The molecule has 1 saturated heterocycles. The maximum atomic E-state index is 12.2. The van der Waals surface area contributed by atoms with E-state index in [1.165, 1.54) is 18.2 Å². The molecule has 0 spiro atoms. The number of ether oxygens (including phenoxy) is 1. The lowest BCUT2D eigenvalue weighted by atomic mass is 10.1. The fourth-order valence-corrected chi connectivity index (χ4v) is 2.42. The molecule has 0 radical (unpaired) electrons. The van der Waals surface area contributed by atoms with Crippen molar-refractivity contribution in [1.29, 1.82) is 5.26 Å². The summed E-state index contributed by atoms with van der Waals surface area (Å²) in [5.41, 5.74) is 0.454. The fourth-order valence-electron chi connectivity index (χ4n) is 1.91. The predicted molar refractivity (Wildman–Crippen MR) is 79.1 cm³/mol. The Morgan fingerprint density at radius 3 is 2.43 bits per heavy atom. The van der Waals surface area contributed by atoms with E-state index in [2.05, 4.69) is 0 Å². The van der Waals surface area contributed by atoms with Crippen molar-refractivity contribution in [2.45, 2.75) is 0 Å². The lowest BCUT2D eigenvalue weighted by Crippen LogP contribution is -2.41. The van der Waals surface area contributed by atoms with Crippen LogP contribution in [-0.4, -0.2) is 42.2 Å². The molecule has 0 atom stereocenters. The molecule has 1 aromatic rings. The van der Waals surface area contributed by atoms with Crippen LogP contribution in [0, 0.1) is 11.3 Å². The average Bonchev–Trinajstić information content (AvgIpc) is 2.50. The molecule has 21 heavy (non-hydrogen) atoms. The van der Waals surface area contributed by atoms with Crippen LogP contribution in [0.1, 0.15) is 5.56 Å². The average molecular weight is 327 g/mol. The highest BCUT2D eigenvalue weighted by molar-refractivity contribution is 6.37. The number of rotatable bonds is 2. The Hall–Kier alpha value is -1.74. The molecule has 2 rings (SSSR count). The van der Waals surface area contributed by atoms with Crippen molar-refractivity contribution in [3.8, 4) is 11.8 Å².